The molecule has 3 aromatic carbocycles. The van der Waals surface area contributed by atoms with Crippen molar-refractivity contribution in [2.75, 3.05) is 0 Å². The molecule has 0 spiro atoms. The summed E-state index contributed by atoms with van der Waals surface area (Å²) in [7, 11) is 0. The van der Waals surface area contributed by atoms with Gasteiger partial charge in [-0.15, -0.1) is 0 Å². The molecule has 0 saturated heterocycles. The molecular weight excluding hydrogens is 397 g/mol. The van der Waals surface area contributed by atoms with Crippen LogP contribution in [0.2, 0.25) is 5.15 Å². The Morgan fingerprint density at radius 3 is 2.37 bits per heavy atom. The molecule has 146 valence electrons. The van der Waals surface area contributed by atoms with Gasteiger partial charge in [0.05, 0.1) is 17.9 Å². The third kappa shape index (κ3) is 3.46. The van der Waals surface area contributed by atoms with Gasteiger partial charge >= 0.3 is 0 Å². The molecule has 2 aromatic heterocycles. The van der Waals surface area contributed by atoms with Gasteiger partial charge in [0, 0.05) is 17.8 Å². The van der Waals surface area contributed by atoms with Gasteiger partial charge in [-0.25, -0.2) is 14.4 Å². The van der Waals surface area contributed by atoms with Gasteiger partial charge < -0.3 is 4.57 Å². The summed E-state index contributed by atoms with van der Waals surface area (Å²) in [4.78, 5) is 8.72. The average molecular weight is 414 g/mol. The molecule has 0 amide bonds. The molecule has 5 aromatic rings. The fraction of sp³-hybridized carbons (Fsp3) is 0.0400. The normalized spacial score (nSPS) is 12.2. The zero-order valence-corrected chi connectivity index (χ0v) is 16.7. The number of nitrogens with zero attached hydrogens (tertiary/aromatic N) is 3. The highest BCUT2D eigenvalue weighted by Gasteiger charge is 2.18. The highest BCUT2D eigenvalue weighted by Crippen LogP contribution is 2.34. The van der Waals surface area contributed by atoms with Crippen molar-refractivity contribution in [2.24, 2.45) is 0 Å². The lowest BCUT2D eigenvalue weighted by Crippen LogP contribution is -2.10. The minimum Gasteiger partial charge on any atom is -0.326 e. The molecule has 0 aliphatic carbocycles. The summed E-state index contributed by atoms with van der Waals surface area (Å²) in [6.07, 6.45) is 5.43. The number of fused-ring (bicyclic) bond motifs is 1. The fourth-order valence-corrected chi connectivity index (χ4v) is 4.04. The highest BCUT2D eigenvalue weighted by atomic mass is 35.5. The van der Waals surface area contributed by atoms with Crippen LogP contribution in [0.5, 0.6) is 0 Å². The molecule has 0 aliphatic heterocycles. The van der Waals surface area contributed by atoms with E-state index < -0.39 is 0 Å². The summed E-state index contributed by atoms with van der Waals surface area (Å²) < 4.78 is 15.6. The van der Waals surface area contributed by atoms with Gasteiger partial charge in [0.25, 0.3) is 0 Å². The van der Waals surface area contributed by atoms with E-state index in [4.69, 9.17) is 11.6 Å². The molecule has 0 radical (unpaired) electrons. The van der Waals surface area contributed by atoms with Crippen LogP contribution in [0.4, 0.5) is 4.39 Å². The van der Waals surface area contributed by atoms with E-state index in [1.165, 1.54) is 12.1 Å². The molecule has 1 atom stereocenters. The van der Waals surface area contributed by atoms with Gasteiger partial charge in [0.1, 0.15) is 11.0 Å². The number of halogens is 2. The van der Waals surface area contributed by atoms with Crippen LogP contribution in [0, 0.1) is 5.82 Å². The van der Waals surface area contributed by atoms with E-state index in [0.29, 0.717) is 5.15 Å². The Hall–Kier alpha value is -3.50. The molecule has 5 heteroatoms. The summed E-state index contributed by atoms with van der Waals surface area (Å²) in [6, 6.07) is 24.6. The standard InChI is InChI=1S/C25H17ClFN3/c26-24-15-21(17-4-2-1-3-5-17)22-14-19(8-11-23(22)29-24)25(30-13-12-28-16-30)18-6-9-20(27)10-7-18/h1-16,25H. The Kier molecular flexibility index (Phi) is 4.77. The number of aromatic nitrogens is 3. The molecule has 0 N–H and O–H groups in total. The van der Waals surface area contributed by atoms with E-state index in [-0.39, 0.29) is 11.9 Å². The first-order chi connectivity index (χ1) is 14.7. The van der Waals surface area contributed by atoms with E-state index >= 15 is 0 Å². The summed E-state index contributed by atoms with van der Waals surface area (Å²) in [5, 5.41) is 1.47. The maximum Gasteiger partial charge on any atom is 0.130 e. The Balaban J connectivity index is 1.73. The molecule has 0 aliphatic rings. The van der Waals surface area contributed by atoms with Crippen molar-refractivity contribution in [3.8, 4) is 11.1 Å². The fourth-order valence-electron chi connectivity index (χ4n) is 3.84. The number of hydrogen-bond acceptors (Lipinski definition) is 2. The second-order valence-corrected chi connectivity index (χ2v) is 7.49. The van der Waals surface area contributed by atoms with Crippen LogP contribution in [-0.2, 0) is 0 Å². The topological polar surface area (TPSA) is 30.7 Å². The Labute approximate surface area is 178 Å². The molecule has 1 unspecified atom stereocenters. The second kappa shape index (κ2) is 7.73. The Bertz CT molecular complexity index is 1300. The third-order valence-electron chi connectivity index (χ3n) is 5.21. The predicted molar refractivity (Wildman–Crippen MR) is 118 cm³/mol. The first-order valence-corrected chi connectivity index (χ1v) is 9.95. The quantitative estimate of drug-likeness (QED) is 0.314. The van der Waals surface area contributed by atoms with Gasteiger partial charge in [-0.1, -0.05) is 60.1 Å². The Morgan fingerprint density at radius 2 is 1.63 bits per heavy atom. The summed E-state index contributed by atoms with van der Waals surface area (Å²) >= 11 is 6.31. The van der Waals surface area contributed by atoms with Crippen molar-refractivity contribution < 1.29 is 4.39 Å². The van der Waals surface area contributed by atoms with E-state index in [1.807, 2.05) is 59.3 Å². The van der Waals surface area contributed by atoms with E-state index in [0.717, 1.165) is 33.2 Å². The van der Waals surface area contributed by atoms with Gasteiger partial charge in [0.2, 0.25) is 0 Å². The first kappa shape index (κ1) is 18.5. The lowest BCUT2D eigenvalue weighted by Gasteiger charge is -2.21. The maximum atomic E-state index is 13.5. The van der Waals surface area contributed by atoms with E-state index in [9.17, 15) is 4.39 Å². The van der Waals surface area contributed by atoms with Crippen molar-refractivity contribution in [1.29, 1.82) is 0 Å². The zero-order chi connectivity index (χ0) is 20.5. The van der Waals surface area contributed by atoms with Crippen LogP contribution in [0.25, 0.3) is 22.0 Å². The second-order valence-electron chi connectivity index (χ2n) is 7.10. The summed E-state index contributed by atoms with van der Waals surface area (Å²) in [5.41, 5.74) is 4.94. The van der Waals surface area contributed by atoms with Crippen LogP contribution in [0.3, 0.4) is 0 Å². The van der Waals surface area contributed by atoms with Gasteiger partial charge in [-0.05, 0) is 52.6 Å². The number of pyridine rings is 1. The summed E-state index contributed by atoms with van der Waals surface area (Å²) in [6.45, 7) is 0. The molecule has 0 bridgehead atoms. The van der Waals surface area contributed by atoms with Crippen molar-refractivity contribution in [3.05, 3.63) is 120 Å². The van der Waals surface area contributed by atoms with Crippen LogP contribution >= 0.6 is 11.6 Å². The van der Waals surface area contributed by atoms with Crippen molar-refractivity contribution in [2.45, 2.75) is 6.04 Å². The van der Waals surface area contributed by atoms with Crippen LogP contribution < -0.4 is 0 Å². The number of imidazole rings is 1. The molecule has 3 nitrogen and oxygen atoms in total. The van der Waals surface area contributed by atoms with Crippen molar-refractivity contribution in [3.63, 3.8) is 0 Å². The van der Waals surface area contributed by atoms with Crippen LogP contribution in [0.1, 0.15) is 17.2 Å². The highest BCUT2D eigenvalue weighted by molar-refractivity contribution is 6.30. The molecule has 5 rings (SSSR count). The average Bonchev–Trinajstić information content (AvgIpc) is 3.30. The molecule has 0 saturated carbocycles. The minimum absolute atomic E-state index is 0.142. The third-order valence-corrected chi connectivity index (χ3v) is 5.40. The van der Waals surface area contributed by atoms with Crippen molar-refractivity contribution in [1.82, 2.24) is 14.5 Å². The number of hydrogen-bond donors (Lipinski definition) is 0. The Morgan fingerprint density at radius 1 is 0.867 bits per heavy atom. The number of benzene rings is 3. The van der Waals surface area contributed by atoms with Crippen molar-refractivity contribution >= 4 is 22.5 Å². The van der Waals surface area contributed by atoms with E-state index in [1.54, 1.807) is 12.5 Å². The lowest BCUT2D eigenvalue weighted by molar-refractivity contribution is 0.622. The minimum atomic E-state index is -0.258. The molecule has 30 heavy (non-hydrogen) atoms. The van der Waals surface area contributed by atoms with Gasteiger partial charge in [0.15, 0.2) is 0 Å². The SMILES string of the molecule is Fc1ccc(C(c2ccc3nc(Cl)cc(-c4ccccc4)c3c2)n2ccnc2)cc1. The number of rotatable bonds is 4. The van der Waals surface area contributed by atoms with E-state index in [2.05, 4.69) is 28.2 Å². The monoisotopic (exact) mass is 413 g/mol. The largest absolute Gasteiger partial charge is 0.326 e. The molecule has 2 heterocycles. The smallest absolute Gasteiger partial charge is 0.130 e. The van der Waals surface area contributed by atoms with Crippen LogP contribution in [0.15, 0.2) is 97.6 Å². The molecular formula is C25H17ClFN3. The predicted octanol–water partition coefficient (Wildman–Crippen LogP) is 6.53. The van der Waals surface area contributed by atoms with Gasteiger partial charge in [-0.2, -0.15) is 0 Å². The zero-order valence-electron chi connectivity index (χ0n) is 15.9. The van der Waals surface area contributed by atoms with Crippen LogP contribution in [-0.4, -0.2) is 14.5 Å². The van der Waals surface area contributed by atoms with Gasteiger partial charge in [-0.3, -0.25) is 0 Å². The first-order valence-electron chi connectivity index (χ1n) is 9.57. The lowest BCUT2D eigenvalue weighted by atomic mass is 9.94. The summed E-state index contributed by atoms with van der Waals surface area (Å²) in [5.74, 6) is -0.258. The maximum absolute atomic E-state index is 13.5. The molecule has 0 fully saturated rings.